The summed E-state index contributed by atoms with van der Waals surface area (Å²) >= 11 is 5.77. The first-order chi connectivity index (χ1) is 6.59. The van der Waals surface area contributed by atoms with E-state index in [4.69, 9.17) is 11.6 Å². The molecule has 0 atom stereocenters. The van der Waals surface area contributed by atoms with E-state index in [1.165, 1.54) is 0 Å². The molecule has 14 heavy (non-hydrogen) atoms. The van der Waals surface area contributed by atoms with Gasteiger partial charge in [-0.2, -0.15) is 0 Å². The molecule has 1 aromatic rings. The summed E-state index contributed by atoms with van der Waals surface area (Å²) in [6, 6.07) is 6.94. The van der Waals surface area contributed by atoms with Crippen LogP contribution in [0, 0.1) is 5.92 Å². The molecule has 1 amide bonds. The molecule has 76 valence electrons. The third-order valence-electron chi connectivity index (χ3n) is 1.76. The first kappa shape index (κ1) is 11.1. The van der Waals surface area contributed by atoms with Crippen LogP contribution in [-0.4, -0.2) is 12.5 Å². The van der Waals surface area contributed by atoms with E-state index < -0.39 is 0 Å². The highest BCUT2D eigenvalue weighted by Gasteiger charge is 2.05. The number of amides is 1. The van der Waals surface area contributed by atoms with E-state index in [1.54, 1.807) is 24.3 Å². The van der Waals surface area contributed by atoms with Crippen molar-refractivity contribution in [3.63, 3.8) is 0 Å². The summed E-state index contributed by atoms with van der Waals surface area (Å²) in [4.78, 5) is 11.5. The minimum absolute atomic E-state index is 0.0683. The summed E-state index contributed by atoms with van der Waals surface area (Å²) in [6.45, 7) is 4.79. The van der Waals surface area contributed by atoms with Crippen molar-refractivity contribution in [1.29, 1.82) is 0 Å². The molecule has 3 heteroatoms. The molecule has 0 saturated heterocycles. The van der Waals surface area contributed by atoms with E-state index in [0.29, 0.717) is 23.0 Å². The lowest BCUT2D eigenvalue weighted by Crippen LogP contribution is -2.27. The van der Waals surface area contributed by atoms with Crippen molar-refractivity contribution < 1.29 is 4.79 Å². The molecule has 0 saturated carbocycles. The van der Waals surface area contributed by atoms with Crippen LogP contribution in [0.15, 0.2) is 24.3 Å². The Kier molecular flexibility index (Phi) is 3.96. The molecule has 0 aromatic heterocycles. The Bertz CT molecular complexity index is 323. The maximum Gasteiger partial charge on any atom is 0.251 e. The first-order valence-corrected chi connectivity index (χ1v) is 5.01. The van der Waals surface area contributed by atoms with E-state index in [-0.39, 0.29) is 5.91 Å². The Morgan fingerprint density at radius 3 is 2.79 bits per heavy atom. The van der Waals surface area contributed by atoms with Gasteiger partial charge in [-0.3, -0.25) is 4.79 Å². The number of nitrogens with one attached hydrogen (secondary N) is 1. The van der Waals surface area contributed by atoms with E-state index in [1.807, 2.05) is 0 Å². The Hall–Kier alpha value is -1.02. The predicted molar refractivity (Wildman–Crippen MR) is 58.6 cm³/mol. The quantitative estimate of drug-likeness (QED) is 0.819. The van der Waals surface area contributed by atoms with Gasteiger partial charge < -0.3 is 5.32 Å². The largest absolute Gasteiger partial charge is 0.352 e. The van der Waals surface area contributed by atoms with E-state index >= 15 is 0 Å². The molecule has 0 aliphatic heterocycles. The van der Waals surface area contributed by atoms with Gasteiger partial charge in [-0.25, -0.2) is 0 Å². The van der Waals surface area contributed by atoms with Crippen LogP contribution in [0.4, 0.5) is 0 Å². The number of halogens is 1. The van der Waals surface area contributed by atoms with Gasteiger partial charge in [0, 0.05) is 17.1 Å². The number of carbonyl (C=O) groups is 1. The minimum Gasteiger partial charge on any atom is -0.352 e. The standard InChI is InChI=1S/C11H14ClNO/c1-8(2)7-13-11(14)9-4-3-5-10(12)6-9/h3-6,8H,7H2,1-2H3,(H,13,14). The predicted octanol–water partition coefficient (Wildman–Crippen LogP) is 2.73. The molecule has 0 bridgehead atoms. The average Bonchev–Trinajstić information content (AvgIpc) is 2.14. The van der Waals surface area contributed by atoms with Crippen LogP contribution in [0.25, 0.3) is 0 Å². The number of hydrogen-bond acceptors (Lipinski definition) is 1. The zero-order valence-corrected chi connectivity index (χ0v) is 9.14. The summed E-state index contributed by atoms with van der Waals surface area (Å²) in [5.41, 5.74) is 0.609. The van der Waals surface area contributed by atoms with Gasteiger partial charge in [0.15, 0.2) is 0 Å². The molecular weight excluding hydrogens is 198 g/mol. The molecule has 2 nitrogen and oxygen atoms in total. The van der Waals surface area contributed by atoms with E-state index in [0.717, 1.165) is 0 Å². The zero-order chi connectivity index (χ0) is 10.6. The van der Waals surface area contributed by atoms with Gasteiger partial charge in [0.1, 0.15) is 0 Å². The van der Waals surface area contributed by atoms with Gasteiger partial charge in [-0.15, -0.1) is 0 Å². The fourth-order valence-electron chi connectivity index (χ4n) is 1.03. The molecule has 0 aliphatic rings. The summed E-state index contributed by atoms with van der Waals surface area (Å²) in [5, 5.41) is 3.41. The van der Waals surface area contributed by atoms with Crippen LogP contribution in [0.5, 0.6) is 0 Å². The second kappa shape index (κ2) is 5.01. The Balaban J connectivity index is 2.61. The van der Waals surface area contributed by atoms with Crippen LogP contribution >= 0.6 is 11.6 Å². The van der Waals surface area contributed by atoms with Gasteiger partial charge in [-0.05, 0) is 24.1 Å². The highest BCUT2D eigenvalue weighted by Crippen LogP contribution is 2.10. The lowest BCUT2D eigenvalue weighted by molar-refractivity contribution is 0.0949. The van der Waals surface area contributed by atoms with Gasteiger partial charge in [-0.1, -0.05) is 31.5 Å². The third kappa shape index (κ3) is 3.38. The number of hydrogen-bond donors (Lipinski definition) is 1. The topological polar surface area (TPSA) is 29.1 Å². The Labute approximate surface area is 89.3 Å². The van der Waals surface area contributed by atoms with E-state index in [9.17, 15) is 4.79 Å². The maximum absolute atomic E-state index is 11.5. The molecule has 0 heterocycles. The molecule has 0 aliphatic carbocycles. The molecule has 0 radical (unpaired) electrons. The van der Waals surface area contributed by atoms with E-state index in [2.05, 4.69) is 19.2 Å². The maximum atomic E-state index is 11.5. The molecule has 1 N–H and O–H groups in total. The molecule has 0 spiro atoms. The van der Waals surface area contributed by atoms with Gasteiger partial charge >= 0.3 is 0 Å². The molecule has 1 rings (SSSR count). The van der Waals surface area contributed by atoms with Crippen molar-refractivity contribution in [3.8, 4) is 0 Å². The third-order valence-corrected chi connectivity index (χ3v) is 1.99. The lowest BCUT2D eigenvalue weighted by atomic mass is 10.2. The second-order valence-electron chi connectivity index (χ2n) is 3.61. The van der Waals surface area contributed by atoms with Crippen molar-refractivity contribution >= 4 is 17.5 Å². The van der Waals surface area contributed by atoms with Gasteiger partial charge in [0.25, 0.3) is 5.91 Å². The second-order valence-corrected chi connectivity index (χ2v) is 4.05. The van der Waals surface area contributed by atoms with Crippen LogP contribution in [0.3, 0.4) is 0 Å². The fourth-order valence-corrected chi connectivity index (χ4v) is 1.22. The zero-order valence-electron chi connectivity index (χ0n) is 8.38. The fraction of sp³-hybridized carbons (Fsp3) is 0.364. The van der Waals surface area contributed by atoms with Crippen molar-refractivity contribution in [2.24, 2.45) is 5.92 Å². The number of benzene rings is 1. The molecular formula is C11H14ClNO. The minimum atomic E-state index is -0.0683. The monoisotopic (exact) mass is 211 g/mol. The number of carbonyl (C=O) groups excluding carboxylic acids is 1. The Morgan fingerprint density at radius 2 is 2.21 bits per heavy atom. The summed E-state index contributed by atoms with van der Waals surface area (Å²) in [6.07, 6.45) is 0. The van der Waals surface area contributed by atoms with Crippen molar-refractivity contribution in [3.05, 3.63) is 34.9 Å². The Morgan fingerprint density at radius 1 is 1.50 bits per heavy atom. The highest BCUT2D eigenvalue weighted by molar-refractivity contribution is 6.30. The van der Waals surface area contributed by atoms with Crippen LogP contribution in [0.1, 0.15) is 24.2 Å². The highest BCUT2D eigenvalue weighted by atomic mass is 35.5. The normalized spacial score (nSPS) is 10.3. The van der Waals surface area contributed by atoms with Gasteiger partial charge in [0.05, 0.1) is 0 Å². The summed E-state index contributed by atoms with van der Waals surface area (Å²) in [7, 11) is 0. The van der Waals surface area contributed by atoms with Crippen molar-refractivity contribution in [2.75, 3.05) is 6.54 Å². The van der Waals surface area contributed by atoms with Crippen molar-refractivity contribution in [2.45, 2.75) is 13.8 Å². The molecule has 1 aromatic carbocycles. The van der Waals surface area contributed by atoms with Crippen LogP contribution in [0.2, 0.25) is 5.02 Å². The summed E-state index contributed by atoms with van der Waals surface area (Å²) in [5.74, 6) is 0.388. The summed E-state index contributed by atoms with van der Waals surface area (Å²) < 4.78 is 0. The van der Waals surface area contributed by atoms with Crippen molar-refractivity contribution in [1.82, 2.24) is 5.32 Å². The first-order valence-electron chi connectivity index (χ1n) is 4.63. The molecule has 0 unspecified atom stereocenters. The lowest BCUT2D eigenvalue weighted by Gasteiger charge is -2.07. The SMILES string of the molecule is CC(C)CNC(=O)c1cccc(Cl)c1. The van der Waals surface area contributed by atoms with Crippen LogP contribution in [-0.2, 0) is 0 Å². The average molecular weight is 212 g/mol. The molecule has 0 fully saturated rings. The van der Waals surface area contributed by atoms with Gasteiger partial charge in [0.2, 0.25) is 0 Å². The number of rotatable bonds is 3. The smallest absolute Gasteiger partial charge is 0.251 e. The van der Waals surface area contributed by atoms with Crippen LogP contribution < -0.4 is 5.32 Å².